The minimum Gasteiger partial charge on any atom is -0.468 e. The molecular formula is C11H11Br2NO2. The third kappa shape index (κ3) is 3.72. The van der Waals surface area contributed by atoms with Crippen molar-refractivity contribution in [2.75, 3.05) is 7.11 Å². The smallest absolute Gasteiger partial charge is 0.315 e. The van der Waals surface area contributed by atoms with Crippen LogP contribution in [-0.4, -0.2) is 18.1 Å². The van der Waals surface area contributed by atoms with E-state index in [9.17, 15) is 4.79 Å². The lowest BCUT2D eigenvalue weighted by molar-refractivity contribution is -0.142. The van der Waals surface area contributed by atoms with Gasteiger partial charge < -0.3 is 4.74 Å². The van der Waals surface area contributed by atoms with Crippen LogP contribution in [0.4, 0.5) is 0 Å². The molecule has 0 aliphatic heterocycles. The molecule has 1 atom stereocenters. The lowest BCUT2D eigenvalue weighted by atomic mass is 10.0. The van der Waals surface area contributed by atoms with Gasteiger partial charge >= 0.3 is 5.97 Å². The molecule has 0 saturated carbocycles. The molecule has 3 nitrogen and oxygen atoms in total. The Balaban J connectivity index is 2.96. The Labute approximate surface area is 111 Å². The SMILES string of the molecule is C=C(Br)CC(C(=O)OC)c1ccc(Br)cn1. The third-order valence-electron chi connectivity index (χ3n) is 2.02. The van der Waals surface area contributed by atoms with Crippen molar-refractivity contribution in [1.29, 1.82) is 0 Å². The largest absolute Gasteiger partial charge is 0.468 e. The molecule has 16 heavy (non-hydrogen) atoms. The van der Waals surface area contributed by atoms with Gasteiger partial charge in [-0.25, -0.2) is 0 Å². The number of rotatable bonds is 4. The zero-order valence-corrected chi connectivity index (χ0v) is 11.9. The number of methoxy groups -OCH3 is 1. The van der Waals surface area contributed by atoms with Crippen LogP contribution < -0.4 is 0 Å². The molecule has 0 radical (unpaired) electrons. The number of hydrogen-bond acceptors (Lipinski definition) is 3. The maximum Gasteiger partial charge on any atom is 0.315 e. The van der Waals surface area contributed by atoms with Crippen LogP contribution >= 0.6 is 31.9 Å². The molecular weight excluding hydrogens is 338 g/mol. The fourth-order valence-corrected chi connectivity index (χ4v) is 1.82. The summed E-state index contributed by atoms with van der Waals surface area (Å²) < 4.78 is 6.36. The molecule has 1 unspecified atom stereocenters. The van der Waals surface area contributed by atoms with Gasteiger partial charge in [0.1, 0.15) is 5.92 Å². The second-order valence-corrected chi connectivity index (χ2v) is 5.24. The molecule has 0 aliphatic carbocycles. The number of allylic oxidation sites excluding steroid dienone is 1. The fraction of sp³-hybridized carbons (Fsp3) is 0.273. The minimum atomic E-state index is -0.412. The molecule has 0 amide bonds. The number of ether oxygens (including phenoxy) is 1. The van der Waals surface area contributed by atoms with E-state index in [-0.39, 0.29) is 5.97 Å². The van der Waals surface area contributed by atoms with E-state index < -0.39 is 5.92 Å². The average Bonchev–Trinajstić information content (AvgIpc) is 2.26. The van der Waals surface area contributed by atoms with Gasteiger partial charge in [0.25, 0.3) is 0 Å². The molecule has 86 valence electrons. The van der Waals surface area contributed by atoms with Gasteiger partial charge in [0.2, 0.25) is 0 Å². The third-order valence-corrected chi connectivity index (χ3v) is 2.81. The Morgan fingerprint density at radius 3 is 2.75 bits per heavy atom. The van der Waals surface area contributed by atoms with Crippen LogP contribution in [0.1, 0.15) is 18.0 Å². The van der Waals surface area contributed by atoms with Crippen molar-refractivity contribution in [3.63, 3.8) is 0 Å². The van der Waals surface area contributed by atoms with Crippen LogP contribution in [0.2, 0.25) is 0 Å². The number of carbonyl (C=O) groups is 1. The van der Waals surface area contributed by atoms with E-state index >= 15 is 0 Å². The Morgan fingerprint density at radius 2 is 2.31 bits per heavy atom. The van der Waals surface area contributed by atoms with Crippen LogP contribution in [0.5, 0.6) is 0 Å². The van der Waals surface area contributed by atoms with Crippen LogP contribution in [0.25, 0.3) is 0 Å². The molecule has 0 N–H and O–H groups in total. The fourth-order valence-electron chi connectivity index (χ4n) is 1.27. The topological polar surface area (TPSA) is 39.2 Å². The summed E-state index contributed by atoms with van der Waals surface area (Å²) >= 11 is 6.54. The van der Waals surface area contributed by atoms with Gasteiger partial charge in [-0.1, -0.05) is 22.5 Å². The van der Waals surface area contributed by atoms with Crippen molar-refractivity contribution in [3.8, 4) is 0 Å². The van der Waals surface area contributed by atoms with Crippen LogP contribution in [0, 0.1) is 0 Å². The summed E-state index contributed by atoms with van der Waals surface area (Å²) in [5, 5.41) is 0. The normalized spacial score (nSPS) is 11.9. The van der Waals surface area contributed by atoms with E-state index in [1.807, 2.05) is 6.07 Å². The second kappa shape index (κ2) is 6.15. The van der Waals surface area contributed by atoms with Crippen molar-refractivity contribution in [1.82, 2.24) is 4.98 Å². The molecule has 1 heterocycles. The highest BCUT2D eigenvalue weighted by Crippen LogP contribution is 2.26. The molecule has 1 aromatic heterocycles. The number of hydrogen-bond donors (Lipinski definition) is 0. The van der Waals surface area contributed by atoms with Crippen molar-refractivity contribution < 1.29 is 9.53 Å². The molecule has 1 rings (SSSR count). The number of nitrogens with zero attached hydrogens (tertiary/aromatic N) is 1. The van der Waals surface area contributed by atoms with E-state index in [0.717, 1.165) is 8.96 Å². The summed E-state index contributed by atoms with van der Waals surface area (Å²) in [7, 11) is 1.37. The minimum absolute atomic E-state index is 0.310. The molecule has 5 heteroatoms. The first kappa shape index (κ1) is 13.4. The monoisotopic (exact) mass is 347 g/mol. The van der Waals surface area contributed by atoms with Crippen molar-refractivity contribution in [2.24, 2.45) is 0 Å². The number of halogens is 2. The van der Waals surface area contributed by atoms with Gasteiger partial charge in [0, 0.05) is 10.7 Å². The highest BCUT2D eigenvalue weighted by molar-refractivity contribution is 9.11. The predicted molar refractivity (Wildman–Crippen MR) is 69.4 cm³/mol. The Kier molecular flexibility index (Phi) is 5.15. The van der Waals surface area contributed by atoms with Gasteiger partial charge in [0.05, 0.1) is 12.8 Å². The molecule has 0 aliphatic rings. The van der Waals surface area contributed by atoms with E-state index in [1.54, 1.807) is 12.3 Å². The Bertz CT molecular complexity index is 389. The first-order valence-corrected chi connectivity index (χ1v) is 6.15. The highest BCUT2D eigenvalue weighted by atomic mass is 79.9. The molecule has 0 fully saturated rings. The number of esters is 1. The molecule has 0 bridgehead atoms. The quantitative estimate of drug-likeness (QED) is 0.783. The summed E-state index contributed by atoms with van der Waals surface area (Å²) in [6, 6.07) is 3.64. The molecule has 1 aromatic rings. The summed E-state index contributed by atoms with van der Waals surface area (Å²) in [4.78, 5) is 15.8. The summed E-state index contributed by atoms with van der Waals surface area (Å²) in [5.74, 6) is -0.722. The zero-order valence-electron chi connectivity index (χ0n) is 8.74. The van der Waals surface area contributed by atoms with Crippen molar-refractivity contribution >= 4 is 37.8 Å². The number of carbonyl (C=O) groups excluding carboxylic acids is 1. The van der Waals surface area contributed by atoms with Crippen molar-refractivity contribution in [3.05, 3.63) is 39.6 Å². The number of pyridine rings is 1. The predicted octanol–water partition coefficient (Wildman–Crippen LogP) is 3.40. The standard InChI is InChI=1S/C11H11Br2NO2/c1-7(12)5-9(11(15)16-2)10-4-3-8(13)6-14-10/h3-4,6,9H,1,5H2,2H3. The highest BCUT2D eigenvalue weighted by Gasteiger charge is 2.23. The maximum atomic E-state index is 11.6. The summed E-state index contributed by atoms with van der Waals surface area (Å²) in [6.07, 6.45) is 2.13. The van der Waals surface area contributed by atoms with E-state index in [4.69, 9.17) is 4.74 Å². The summed E-state index contributed by atoms with van der Waals surface area (Å²) in [5.41, 5.74) is 0.677. The maximum absolute atomic E-state index is 11.6. The van der Waals surface area contributed by atoms with Crippen LogP contribution in [0.15, 0.2) is 33.9 Å². The summed E-state index contributed by atoms with van der Waals surface area (Å²) in [6.45, 7) is 3.73. The molecule has 0 aromatic carbocycles. The Morgan fingerprint density at radius 1 is 1.62 bits per heavy atom. The lowest BCUT2D eigenvalue weighted by Gasteiger charge is -2.13. The van der Waals surface area contributed by atoms with E-state index in [0.29, 0.717) is 12.1 Å². The first-order valence-electron chi connectivity index (χ1n) is 4.57. The van der Waals surface area contributed by atoms with Gasteiger partial charge in [-0.15, -0.1) is 0 Å². The zero-order chi connectivity index (χ0) is 12.1. The van der Waals surface area contributed by atoms with Crippen molar-refractivity contribution in [2.45, 2.75) is 12.3 Å². The average molecular weight is 349 g/mol. The lowest BCUT2D eigenvalue weighted by Crippen LogP contribution is -2.15. The van der Waals surface area contributed by atoms with Crippen LogP contribution in [0.3, 0.4) is 0 Å². The van der Waals surface area contributed by atoms with E-state index in [1.165, 1.54) is 7.11 Å². The van der Waals surface area contributed by atoms with Crippen LogP contribution in [-0.2, 0) is 9.53 Å². The number of aromatic nitrogens is 1. The Hall–Kier alpha value is -0.680. The van der Waals surface area contributed by atoms with Gasteiger partial charge in [-0.2, -0.15) is 0 Å². The molecule has 0 spiro atoms. The van der Waals surface area contributed by atoms with E-state index in [2.05, 4.69) is 43.4 Å². The molecule has 0 saturated heterocycles. The first-order chi connectivity index (χ1) is 7.54. The van der Waals surface area contributed by atoms with Gasteiger partial charge in [-0.05, 0) is 39.0 Å². The second-order valence-electron chi connectivity index (χ2n) is 3.20. The van der Waals surface area contributed by atoms with Gasteiger partial charge in [0.15, 0.2) is 0 Å². The van der Waals surface area contributed by atoms with Gasteiger partial charge in [-0.3, -0.25) is 9.78 Å².